The quantitative estimate of drug-likeness (QED) is 0.601. The Bertz CT molecular complexity index is 1120. The van der Waals surface area contributed by atoms with Crippen molar-refractivity contribution in [2.45, 2.75) is 18.1 Å². The number of amides is 1. The number of nitrogens with zero attached hydrogens (tertiary/aromatic N) is 1. The van der Waals surface area contributed by atoms with Crippen molar-refractivity contribution in [1.29, 1.82) is 0 Å². The first-order chi connectivity index (χ1) is 15.3. The molecule has 1 saturated heterocycles. The van der Waals surface area contributed by atoms with Crippen LogP contribution in [0.1, 0.15) is 13.3 Å². The largest absolute Gasteiger partial charge is 0.497 e. The van der Waals surface area contributed by atoms with Crippen LogP contribution in [0, 0.1) is 5.92 Å². The minimum Gasteiger partial charge on any atom is -0.497 e. The number of carbonyl (C=O) groups is 2. The standard InChI is InChI=1S/C22H24N2O7S/c1-3-30-20(25)14-31-19-8-4-16(5-9-19)23-21(26)22-12-15(22)13-24(32(22,27)28)17-6-10-18(29-2)11-7-17/h4-11,15H,3,12-14H2,1-2H3,(H,23,26)/t15-,22+/m0/s1. The lowest BCUT2D eigenvalue weighted by Gasteiger charge is -2.23. The molecule has 2 atom stereocenters. The number of methoxy groups -OCH3 is 1. The van der Waals surface area contributed by atoms with E-state index < -0.39 is 26.6 Å². The maximum absolute atomic E-state index is 13.3. The molecule has 1 amide bonds. The first kappa shape index (κ1) is 21.9. The zero-order chi connectivity index (χ0) is 22.9. The smallest absolute Gasteiger partial charge is 0.344 e. The molecule has 2 aromatic carbocycles. The van der Waals surface area contributed by atoms with Crippen LogP contribution in [0.2, 0.25) is 0 Å². The van der Waals surface area contributed by atoms with Gasteiger partial charge in [-0.1, -0.05) is 0 Å². The highest BCUT2D eigenvalue weighted by molar-refractivity contribution is 7.95. The molecule has 170 valence electrons. The SMILES string of the molecule is CCOC(=O)COc1ccc(NC(=O)[C@@]23C[C@H]2CN(c2ccc(OC)cc2)S3(=O)=O)cc1. The minimum atomic E-state index is -3.87. The molecule has 2 fully saturated rings. The van der Waals surface area contributed by atoms with Crippen LogP contribution >= 0.6 is 0 Å². The van der Waals surface area contributed by atoms with Crippen LogP contribution in [0.15, 0.2) is 48.5 Å². The van der Waals surface area contributed by atoms with Gasteiger partial charge >= 0.3 is 5.97 Å². The van der Waals surface area contributed by atoms with E-state index in [1.807, 2.05) is 0 Å². The summed E-state index contributed by atoms with van der Waals surface area (Å²) in [5.74, 6) is -0.229. The van der Waals surface area contributed by atoms with Gasteiger partial charge in [0.05, 0.1) is 19.4 Å². The highest BCUT2D eigenvalue weighted by Crippen LogP contribution is 2.58. The van der Waals surface area contributed by atoms with E-state index in [4.69, 9.17) is 14.2 Å². The highest BCUT2D eigenvalue weighted by Gasteiger charge is 2.75. The molecule has 32 heavy (non-hydrogen) atoms. The Labute approximate surface area is 186 Å². The van der Waals surface area contributed by atoms with Gasteiger partial charge in [-0.3, -0.25) is 9.10 Å². The van der Waals surface area contributed by atoms with Gasteiger partial charge in [-0.2, -0.15) is 0 Å². The molecule has 1 aliphatic carbocycles. The first-order valence-corrected chi connectivity index (χ1v) is 11.6. The van der Waals surface area contributed by atoms with Gasteiger partial charge in [0.2, 0.25) is 15.9 Å². The number of fused-ring (bicyclic) bond motifs is 1. The van der Waals surface area contributed by atoms with E-state index >= 15 is 0 Å². The van der Waals surface area contributed by atoms with E-state index in [0.29, 0.717) is 29.3 Å². The van der Waals surface area contributed by atoms with Crippen LogP contribution in [-0.4, -0.2) is 51.9 Å². The molecule has 0 unspecified atom stereocenters. The zero-order valence-corrected chi connectivity index (χ0v) is 18.6. The second-order valence-corrected chi connectivity index (χ2v) is 9.72. The van der Waals surface area contributed by atoms with Crippen molar-refractivity contribution >= 4 is 33.3 Å². The van der Waals surface area contributed by atoms with E-state index in [0.717, 1.165) is 0 Å². The molecule has 1 saturated carbocycles. The Morgan fingerprint density at radius 3 is 2.38 bits per heavy atom. The Kier molecular flexibility index (Phi) is 5.72. The van der Waals surface area contributed by atoms with Gasteiger partial charge in [0.15, 0.2) is 11.4 Å². The maximum atomic E-state index is 13.3. The number of rotatable bonds is 8. The number of carbonyl (C=O) groups excluding carboxylic acids is 2. The molecule has 0 spiro atoms. The normalized spacial score (nSPS) is 22.6. The number of anilines is 2. The Balaban J connectivity index is 1.43. The van der Waals surface area contributed by atoms with E-state index in [1.54, 1.807) is 55.5 Å². The first-order valence-electron chi connectivity index (χ1n) is 10.2. The molecule has 1 aliphatic heterocycles. The summed E-state index contributed by atoms with van der Waals surface area (Å²) in [6, 6.07) is 13.1. The molecule has 9 nitrogen and oxygen atoms in total. The van der Waals surface area contributed by atoms with E-state index in [1.165, 1.54) is 11.4 Å². The fraction of sp³-hybridized carbons (Fsp3) is 0.364. The zero-order valence-electron chi connectivity index (χ0n) is 17.7. The molecule has 0 bridgehead atoms. The number of hydrogen-bond donors (Lipinski definition) is 1. The van der Waals surface area contributed by atoms with Crippen LogP contribution in [0.25, 0.3) is 0 Å². The van der Waals surface area contributed by atoms with E-state index in [-0.39, 0.29) is 25.7 Å². The molecule has 1 N–H and O–H groups in total. The molecule has 1 heterocycles. The number of hydrogen-bond acceptors (Lipinski definition) is 7. The van der Waals surface area contributed by atoms with Crippen molar-refractivity contribution in [3.8, 4) is 11.5 Å². The van der Waals surface area contributed by atoms with Gasteiger partial charge in [-0.05, 0) is 61.9 Å². The van der Waals surface area contributed by atoms with Gasteiger partial charge < -0.3 is 19.5 Å². The fourth-order valence-corrected chi connectivity index (χ4v) is 6.30. The summed E-state index contributed by atoms with van der Waals surface area (Å²) in [5, 5.41) is 2.71. The molecular formula is C22H24N2O7S. The highest BCUT2D eigenvalue weighted by atomic mass is 32.2. The molecule has 4 rings (SSSR count). The lowest BCUT2D eigenvalue weighted by atomic mass is 10.2. The summed E-state index contributed by atoms with van der Waals surface area (Å²) in [5.41, 5.74) is 0.949. The van der Waals surface area contributed by atoms with Crippen LogP contribution in [0.4, 0.5) is 11.4 Å². The predicted molar refractivity (Wildman–Crippen MR) is 117 cm³/mol. The second kappa shape index (κ2) is 8.34. The third-order valence-electron chi connectivity index (χ3n) is 5.70. The lowest BCUT2D eigenvalue weighted by molar-refractivity contribution is -0.145. The van der Waals surface area contributed by atoms with Crippen LogP contribution in [-0.2, 0) is 24.3 Å². The number of sulfonamides is 1. The van der Waals surface area contributed by atoms with E-state index in [9.17, 15) is 18.0 Å². The third-order valence-corrected chi connectivity index (χ3v) is 8.25. The Hall–Kier alpha value is -3.27. The number of ether oxygens (including phenoxy) is 3. The van der Waals surface area contributed by atoms with Gasteiger partial charge in [0.1, 0.15) is 11.5 Å². The Morgan fingerprint density at radius 2 is 1.75 bits per heavy atom. The summed E-state index contributed by atoms with van der Waals surface area (Å²) < 4.78 is 41.6. The van der Waals surface area contributed by atoms with Crippen LogP contribution in [0.3, 0.4) is 0 Å². The monoisotopic (exact) mass is 460 g/mol. The van der Waals surface area contributed by atoms with Crippen molar-refractivity contribution in [2.75, 3.05) is 36.5 Å². The summed E-state index contributed by atoms with van der Waals surface area (Å²) in [7, 11) is -2.34. The molecule has 0 radical (unpaired) electrons. The summed E-state index contributed by atoms with van der Waals surface area (Å²) >= 11 is 0. The van der Waals surface area contributed by atoms with Gasteiger partial charge in [-0.25, -0.2) is 13.2 Å². The van der Waals surface area contributed by atoms with Crippen LogP contribution in [0.5, 0.6) is 11.5 Å². The van der Waals surface area contributed by atoms with Crippen molar-refractivity contribution < 1.29 is 32.2 Å². The van der Waals surface area contributed by atoms with Gasteiger partial charge in [0.25, 0.3) is 0 Å². The summed E-state index contributed by atoms with van der Waals surface area (Å²) in [6.45, 7) is 2.03. The predicted octanol–water partition coefficient (Wildman–Crippen LogP) is 2.18. The van der Waals surface area contributed by atoms with Gasteiger partial charge in [0, 0.05) is 18.2 Å². The van der Waals surface area contributed by atoms with Crippen molar-refractivity contribution in [3.05, 3.63) is 48.5 Å². The van der Waals surface area contributed by atoms with Crippen molar-refractivity contribution in [1.82, 2.24) is 0 Å². The molecule has 10 heteroatoms. The summed E-state index contributed by atoms with van der Waals surface area (Å²) in [4.78, 5) is 24.4. The van der Waals surface area contributed by atoms with Crippen LogP contribution < -0.4 is 19.1 Å². The number of benzene rings is 2. The Morgan fingerprint density at radius 1 is 1.09 bits per heavy atom. The number of nitrogens with one attached hydrogen (secondary N) is 1. The van der Waals surface area contributed by atoms with E-state index in [2.05, 4.69) is 5.32 Å². The molecule has 2 aliphatic rings. The van der Waals surface area contributed by atoms with Crippen molar-refractivity contribution in [2.24, 2.45) is 5.92 Å². The minimum absolute atomic E-state index is 0.218. The second-order valence-electron chi connectivity index (χ2n) is 7.60. The third kappa shape index (κ3) is 3.75. The lowest BCUT2D eigenvalue weighted by Crippen LogP contribution is -2.42. The average molecular weight is 461 g/mol. The summed E-state index contributed by atoms with van der Waals surface area (Å²) in [6.07, 6.45) is 0.300. The molecular weight excluding hydrogens is 436 g/mol. The molecule has 2 aromatic rings. The number of esters is 1. The van der Waals surface area contributed by atoms with Gasteiger partial charge in [-0.15, -0.1) is 0 Å². The van der Waals surface area contributed by atoms with Crippen molar-refractivity contribution in [3.63, 3.8) is 0 Å². The topological polar surface area (TPSA) is 111 Å². The fourth-order valence-electron chi connectivity index (χ4n) is 3.93. The average Bonchev–Trinajstić information content (AvgIpc) is 3.48. The molecule has 0 aromatic heterocycles. The maximum Gasteiger partial charge on any atom is 0.344 e.